The Morgan fingerprint density at radius 2 is 2.19 bits per heavy atom. The molecule has 0 radical (unpaired) electrons. The van der Waals surface area contributed by atoms with E-state index in [0.717, 1.165) is 5.39 Å². The molecule has 0 aliphatic rings. The van der Waals surface area contributed by atoms with Crippen LogP contribution in [0.4, 0.5) is 0 Å². The third-order valence-corrected chi connectivity index (χ3v) is 2.47. The molecular weight excluding hydrogens is 206 g/mol. The minimum absolute atomic E-state index is 0.141. The molecule has 5 heteroatoms. The van der Waals surface area contributed by atoms with Crippen molar-refractivity contribution in [1.82, 2.24) is 14.4 Å². The van der Waals surface area contributed by atoms with Gasteiger partial charge in [0, 0.05) is 17.8 Å². The highest BCUT2D eigenvalue weighted by Crippen LogP contribution is 2.17. The van der Waals surface area contributed by atoms with Crippen molar-refractivity contribution in [3.63, 3.8) is 0 Å². The van der Waals surface area contributed by atoms with Gasteiger partial charge in [0.1, 0.15) is 5.52 Å². The molecule has 3 rings (SSSR count). The SMILES string of the molecule is O=C(O)c1cnc2c3ncccc3ccn12. The van der Waals surface area contributed by atoms with Crippen LogP contribution in [0, 0.1) is 0 Å². The molecule has 0 saturated heterocycles. The van der Waals surface area contributed by atoms with Crippen LogP contribution in [0.3, 0.4) is 0 Å². The normalized spacial score (nSPS) is 11.0. The summed E-state index contributed by atoms with van der Waals surface area (Å²) in [6.45, 7) is 0. The third-order valence-electron chi connectivity index (χ3n) is 2.47. The van der Waals surface area contributed by atoms with Gasteiger partial charge in [0.05, 0.1) is 6.20 Å². The molecule has 0 fully saturated rings. The molecule has 0 amide bonds. The minimum atomic E-state index is -0.997. The van der Waals surface area contributed by atoms with Crippen LogP contribution in [-0.4, -0.2) is 25.4 Å². The third kappa shape index (κ3) is 1.08. The molecule has 0 spiro atoms. The quantitative estimate of drug-likeness (QED) is 0.666. The molecule has 0 aliphatic carbocycles. The monoisotopic (exact) mass is 213 g/mol. The lowest BCUT2D eigenvalue weighted by Gasteiger charge is -2.00. The van der Waals surface area contributed by atoms with Gasteiger partial charge in [-0.1, -0.05) is 6.07 Å². The number of hydrogen-bond acceptors (Lipinski definition) is 3. The first-order valence-corrected chi connectivity index (χ1v) is 4.71. The first-order chi connectivity index (χ1) is 7.77. The van der Waals surface area contributed by atoms with Crippen LogP contribution in [0.15, 0.2) is 36.8 Å². The molecule has 3 aromatic rings. The van der Waals surface area contributed by atoms with Gasteiger partial charge < -0.3 is 5.11 Å². The summed E-state index contributed by atoms with van der Waals surface area (Å²) in [5, 5.41) is 9.90. The minimum Gasteiger partial charge on any atom is -0.477 e. The van der Waals surface area contributed by atoms with Crippen LogP contribution < -0.4 is 0 Å². The second-order valence-corrected chi connectivity index (χ2v) is 3.40. The van der Waals surface area contributed by atoms with Crippen molar-refractivity contribution in [3.8, 4) is 0 Å². The summed E-state index contributed by atoms with van der Waals surface area (Å²) >= 11 is 0. The van der Waals surface area contributed by atoms with E-state index >= 15 is 0 Å². The van der Waals surface area contributed by atoms with E-state index in [-0.39, 0.29) is 5.69 Å². The molecule has 0 aliphatic heterocycles. The standard InChI is InChI=1S/C11H7N3O2/c15-11(16)8-6-13-10-9-7(2-1-4-12-9)3-5-14(8)10/h1-6H,(H,15,16). The number of aromatic nitrogens is 3. The molecule has 0 aromatic carbocycles. The summed E-state index contributed by atoms with van der Waals surface area (Å²) in [6.07, 6.45) is 4.69. The topological polar surface area (TPSA) is 67.5 Å². The van der Waals surface area contributed by atoms with Crippen molar-refractivity contribution in [2.75, 3.05) is 0 Å². The van der Waals surface area contributed by atoms with E-state index in [1.807, 2.05) is 18.2 Å². The lowest BCUT2D eigenvalue weighted by atomic mass is 10.2. The maximum absolute atomic E-state index is 10.9. The van der Waals surface area contributed by atoms with E-state index < -0.39 is 5.97 Å². The van der Waals surface area contributed by atoms with E-state index in [1.54, 1.807) is 12.4 Å². The van der Waals surface area contributed by atoms with Gasteiger partial charge in [0.25, 0.3) is 0 Å². The fraction of sp³-hybridized carbons (Fsp3) is 0. The maximum Gasteiger partial charge on any atom is 0.354 e. The predicted molar refractivity (Wildman–Crippen MR) is 57.5 cm³/mol. The molecule has 78 valence electrons. The molecule has 0 bridgehead atoms. The zero-order chi connectivity index (χ0) is 11.1. The highest BCUT2D eigenvalue weighted by molar-refractivity contribution is 5.93. The fourth-order valence-corrected chi connectivity index (χ4v) is 1.74. The Morgan fingerprint density at radius 1 is 1.31 bits per heavy atom. The Bertz CT molecular complexity index is 703. The van der Waals surface area contributed by atoms with Gasteiger partial charge in [0.2, 0.25) is 0 Å². The van der Waals surface area contributed by atoms with Crippen molar-refractivity contribution in [2.45, 2.75) is 0 Å². The maximum atomic E-state index is 10.9. The number of carboxylic acids is 1. The number of imidazole rings is 1. The molecule has 0 saturated carbocycles. The number of nitrogens with zero attached hydrogens (tertiary/aromatic N) is 3. The van der Waals surface area contributed by atoms with Gasteiger partial charge >= 0.3 is 5.97 Å². The van der Waals surface area contributed by atoms with Crippen LogP contribution in [0.2, 0.25) is 0 Å². The Kier molecular flexibility index (Phi) is 1.67. The molecule has 1 N–H and O–H groups in total. The van der Waals surface area contributed by atoms with E-state index in [4.69, 9.17) is 5.11 Å². The predicted octanol–water partition coefficient (Wildman–Crippen LogP) is 1.58. The van der Waals surface area contributed by atoms with Crippen LogP contribution in [0.1, 0.15) is 10.5 Å². The zero-order valence-corrected chi connectivity index (χ0v) is 8.16. The number of carboxylic acid groups (broad SMARTS) is 1. The molecule has 0 unspecified atom stereocenters. The van der Waals surface area contributed by atoms with Crippen molar-refractivity contribution in [1.29, 1.82) is 0 Å². The summed E-state index contributed by atoms with van der Waals surface area (Å²) in [5.74, 6) is -0.997. The summed E-state index contributed by atoms with van der Waals surface area (Å²) in [4.78, 5) is 19.2. The first-order valence-electron chi connectivity index (χ1n) is 4.71. The van der Waals surface area contributed by atoms with Crippen molar-refractivity contribution >= 4 is 22.5 Å². The lowest BCUT2D eigenvalue weighted by Crippen LogP contribution is -2.01. The molecule has 3 heterocycles. The summed E-state index contributed by atoms with van der Waals surface area (Å²) in [6, 6.07) is 5.57. The van der Waals surface area contributed by atoms with Crippen LogP contribution in [-0.2, 0) is 0 Å². The molecule has 5 nitrogen and oxygen atoms in total. The first kappa shape index (κ1) is 8.84. The highest BCUT2D eigenvalue weighted by Gasteiger charge is 2.12. The summed E-state index contributed by atoms with van der Waals surface area (Å²) < 4.78 is 1.53. The van der Waals surface area contributed by atoms with Gasteiger partial charge in [0.15, 0.2) is 11.3 Å². The Balaban J connectivity index is 2.49. The largest absolute Gasteiger partial charge is 0.477 e. The van der Waals surface area contributed by atoms with Crippen molar-refractivity contribution < 1.29 is 9.90 Å². The lowest BCUT2D eigenvalue weighted by molar-refractivity contribution is 0.0689. The van der Waals surface area contributed by atoms with Crippen molar-refractivity contribution in [2.24, 2.45) is 0 Å². The zero-order valence-electron chi connectivity index (χ0n) is 8.16. The Labute approximate surface area is 90.0 Å². The summed E-state index contributed by atoms with van der Waals surface area (Å²) in [5.41, 5.74) is 1.41. The number of hydrogen-bond donors (Lipinski definition) is 1. The van der Waals surface area contributed by atoms with Gasteiger partial charge in [-0.2, -0.15) is 0 Å². The van der Waals surface area contributed by atoms with E-state index in [9.17, 15) is 4.79 Å². The number of fused-ring (bicyclic) bond motifs is 3. The Morgan fingerprint density at radius 3 is 3.00 bits per heavy atom. The molecule has 16 heavy (non-hydrogen) atoms. The molecule has 3 aromatic heterocycles. The Hall–Kier alpha value is -2.43. The number of rotatable bonds is 1. The van der Waals surface area contributed by atoms with Crippen LogP contribution in [0.5, 0.6) is 0 Å². The van der Waals surface area contributed by atoms with Crippen LogP contribution in [0.25, 0.3) is 16.6 Å². The molecule has 0 atom stereocenters. The second-order valence-electron chi connectivity index (χ2n) is 3.40. The number of pyridine rings is 2. The number of aromatic carboxylic acids is 1. The van der Waals surface area contributed by atoms with Gasteiger partial charge in [-0.15, -0.1) is 0 Å². The highest BCUT2D eigenvalue weighted by atomic mass is 16.4. The van der Waals surface area contributed by atoms with Crippen molar-refractivity contribution in [3.05, 3.63) is 42.5 Å². The van der Waals surface area contributed by atoms with E-state index in [2.05, 4.69) is 9.97 Å². The van der Waals surface area contributed by atoms with Gasteiger partial charge in [-0.25, -0.2) is 9.78 Å². The number of carbonyl (C=O) groups is 1. The van der Waals surface area contributed by atoms with E-state index in [1.165, 1.54) is 10.6 Å². The average molecular weight is 213 g/mol. The second kappa shape index (κ2) is 3.03. The smallest absolute Gasteiger partial charge is 0.354 e. The van der Waals surface area contributed by atoms with E-state index in [0.29, 0.717) is 11.2 Å². The van der Waals surface area contributed by atoms with Crippen LogP contribution >= 0.6 is 0 Å². The van der Waals surface area contributed by atoms with Gasteiger partial charge in [-0.3, -0.25) is 9.38 Å². The summed E-state index contributed by atoms with van der Waals surface area (Å²) in [7, 11) is 0. The fourth-order valence-electron chi connectivity index (χ4n) is 1.74. The molecular formula is C11H7N3O2. The van der Waals surface area contributed by atoms with Gasteiger partial charge in [-0.05, 0) is 12.1 Å². The average Bonchev–Trinajstić information content (AvgIpc) is 2.73.